The summed E-state index contributed by atoms with van der Waals surface area (Å²) in [5.41, 5.74) is 2.05. The molecule has 0 unspecified atom stereocenters. The number of sulfonamides is 1. The first-order valence-electron chi connectivity index (χ1n) is 7.92. The number of aryl methyl sites for hydroxylation is 2. The number of hydrogen-bond acceptors (Lipinski definition) is 7. The van der Waals surface area contributed by atoms with E-state index in [-0.39, 0.29) is 25.6 Å². The van der Waals surface area contributed by atoms with Crippen LogP contribution < -0.4 is 4.74 Å². The Bertz CT molecular complexity index is 829. The number of nitrogens with zero attached hydrogens (tertiary/aromatic N) is 3. The largest absolute Gasteiger partial charge is 0.483 e. The van der Waals surface area contributed by atoms with Crippen molar-refractivity contribution in [2.45, 2.75) is 26.6 Å². The predicted molar refractivity (Wildman–Crippen MR) is 89.7 cm³/mol. The molecule has 1 aromatic carbocycles. The zero-order chi connectivity index (χ0) is 18.0. The Kier molecular flexibility index (Phi) is 5.07. The Balaban J connectivity index is 1.66. The van der Waals surface area contributed by atoms with E-state index in [1.54, 1.807) is 0 Å². The Hall–Kier alpha value is -1.97. The summed E-state index contributed by atoms with van der Waals surface area (Å²) < 4.78 is 41.6. The zero-order valence-electron chi connectivity index (χ0n) is 14.4. The number of morpholine rings is 1. The van der Waals surface area contributed by atoms with E-state index in [4.69, 9.17) is 13.9 Å². The fourth-order valence-electron chi connectivity index (χ4n) is 2.69. The normalized spacial score (nSPS) is 19.1. The van der Waals surface area contributed by atoms with Crippen molar-refractivity contribution in [3.05, 3.63) is 41.1 Å². The van der Waals surface area contributed by atoms with Gasteiger partial charge in [-0.1, -0.05) is 18.2 Å². The maximum absolute atomic E-state index is 11.7. The lowest BCUT2D eigenvalue weighted by Crippen LogP contribution is -2.41. The van der Waals surface area contributed by atoms with Gasteiger partial charge in [-0.15, -0.1) is 10.2 Å². The highest BCUT2D eigenvalue weighted by Crippen LogP contribution is 2.25. The molecule has 136 valence electrons. The minimum atomic E-state index is -3.28. The minimum absolute atomic E-state index is 0.140. The molecule has 1 atom stereocenters. The van der Waals surface area contributed by atoms with Gasteiger partial charge >= 0.3 is 0 Å². The molecule has 1 aromatic heterocycles. The van der Waals surface area contributed by atoms with Crippen LogP contribution in [0.3, 0.4) is 0 Å². The van der Waals surface area contributed by atoms with Gasteiger partial charge in [0.05, 0.1) is 12.9 Å². The molecule has 0 saturated carbocycles. The van der Waals surface area contributed by atoms with Gasteiger partial charge in [-0.2, -0.15) is 4.31 Å². The first-order chi connectivity index (χ1) is 11.8. The predicted octanol–water partition coefficient (Wildman–Crippen LogP) is 1.60. The summed E-state index contributed by atoms with van der Waals surface area (Å²) in [4.78, 5) is 0. The van der Waals surface area contributed by atoms with Crippen LogP contribution in [0.25, 0.3) is 0 Å². The molecule has 0 radical (unpaired) electrons. The van der Waals surface area contributed by atoms with Crippen molar-refractivity contribution in [1.82, 2.24) is 14.5 Å². The molecule has 1 aliphatic heterocycles. The van der Waals surface area contributed by atoms with E-state index in [9.17, 15) is 8.42 Å². The fourth-order valence-corrected chi connectivity index (χ4v) is 3.50. The summed E-state index contributed by atoms with van der Waals surface area (Å²) in [7, 11) is -3.28. The molecule has 1 aliphatic rings. The lowest BCUT2D eigenvalue weighted by molar-refractivity contribution is -0.0180. The number of rotatable bonds is 5. The van der Waals surface area contributed by atoms with E-state index < -0.39 is 16.1 Å². The van der Waals surface area contributed by atoms with Crippen LogP contribution >= 0.6 is 0 Å². The van der Waals surface area contributed by atoms with Crippen LogP contribution in [-0.2, 0) is 21.4 Å². The fraction of sp³-hybridized carbons (Fsp3) is 0.500. The SMILES string of the molecule is Cc1cccc(C)c1OCc1nnc([C@@H]2CN(S(C)(=O)=O)CCO2)o1. The Labute approximate surface area is 146 Å². The molecular formula is C16H21N3O5S. The molecule has 1 saturated heterocycles. The topological polar surface area (TPSA) is 94.8 Å². The van der Waals surface area contributed by atoms with Crippen molar-refractivity contribution in [3.63, 3.8) is 0 Å². The molecule has 0 aliphatic carbocycles. The molecule has 2 heterocycles. The van der Waals surface area contributed by atoms with Gasteiger partial charge in [-0.3, -0.25) is 0 Å². The number of aromatic nitrogens is 2. The van der Waals surface area contributed by atoms with Crippen LogP contribution in [0.5, 0.6) is 5.75 Å². The summed E-state index contributed by atoms with van der Waals surface area (Å²) >= 11 is 0. The van der Waals surface area contributed by atoms with E-state index in [2.05, 4.69) is 10.2 Å². The van der Waals surface area contributed by atoms with Crippen LogP contribution in [0.1, 0.15) is 29.0 Å². The summed E-state index contributed by atoms with van der Waals surface area (Å²) in [6.07, 6.45) is 0.609. The van der Waals surface area contributed by atoms with Gasteiger partial charge in [0.2, 0.25) is 15.9 Å². The van der Waals surface area contributed by atoms with Crippen molar-refractivity contribution in [1.29, 1.82) is 0 Å². The number of para-hydroxylation sites is 1. The van der Waals surface area contributed by atoms with Gasteiger partial charge in [0.1, 0.15) is 11.9 Å². The van der Waals surface area contributed by atoms with Crippen LogP contribution in [0.2, 0.25) is 0 Å². The summed E-state index contributed by atoms with van der Waals surface area (Å²) in [5, 5.41) is 7.93. The van der Waals surface area contributed by atoms with Gasteiger partial charge in [-0.05, 0) is 25.0 Å². The Morgan fingerprint density at radius 3 is 2.68 bits per heavy atom. The second-order valence-electron chi connectivity index (χ2n) is 6.02. The number of ether oxygens (including phenoxy) is 2. The van der Waals surface area contributed by atoms with E-state index >= 15 is 0 Å². The third-order valence-corrected chi connectivity index (χ3v) is 5.27. The number of hydrogen-bond donors (Lipinski definition) is 0. The monoisotopic (exact) mass is 367 g/mol. The van der Waals surface area contributed by atoms with Crippen LogP contribution in [0.4, 0.5) is 0 Å². The lowest BCUT2D eigenvalue weighted by atomic mass is 10.1. The third kappa shape index (κ3) is 4.17. The molecule has 0 N–H and O–H groups in total. The van der Waals surface area contributed by atoms with Gasteiger partial charge in [0.25, 0.3) is 5.89 Å². The quantitative estimate of drug-likeness (QED) is 0.792. The maximum Gasteiger partial charge on any atom is 0.254 e. The standard InChI is InChI=1S/C16H21N3O5S/c1-11-5-4-6-12(2)15(11)23-10-14-17-18-16(24-14)13-9-19(7-8-22-13)25(3,20)21/h4-6,13H,7-10H2,1-3H3/t13-/m0/s1. The molecule has 0 spiro atoms. The van der Waals surface area contributed by atoms with E-state index in [0.29, 0.717) is 12.4 Å². The van der Waals surface area contributed by atoms with Gasteiger partial charge < -0.3 is 13.9 Å². The molecular weight excluding hydrogens is 346 g/mol. The highest BCUT2D eigenvalue weighted by Gasteiger charge is 2.31. The number of benzene rings is 1. The first kappa shape index (κ1) is 17.8. The Morgan fingerprint density at radius 2 is 2.00 bits per heavy atom. The summed E-state index contributed by atoms with van der Waals surface area (Å²) in [5.74, 6) is 1.37. The van der Waals surface area contributed by atoms with E-state index in [1.807, 2.05) is 32.0 Å². The van der Waals surface area contributed by atoms with E-state index in [0.717, 1.165) is 16.9 Å². The van der Waals surface area contributed by atoms with Crippen molar-refractivity contribution < 1.29 is 22.3 Å². The van der Waals surface area contributed by atoms with Gasteiger partial charge in [-0.25, -0.2) is 8.42 Å². The van der Waals surface area contributed by atoms with Crippen LogP contribution in [0, 0.1) is 13.8 Å². The maximum atomic E-state index is 11.7. The van der Waals surface area contributed by atoms with Gasteiger partial charge in [0, 0.05) is 13.1 Å². The smallest absolute Gasteiger partial charge is 0.254 e. The molecule has 25 heavy (non-hydrogen) atoms. The Morgan fingerprint density at radius 1 is 1.28 bits per heavy atom. The zero-order valence-corrected chi connectivity index (χ0v) is 15.2. The van der Waals surface area contributed by atoms with Crippen molar-refractivity contribution >= 4 is 10.0 Å². The average molecular weight is 367 g/mol. The molecule has 9 heteroatoms. The molecule has 3 rings (SSSR count). The molecule has 0 bridgehead atoms. The van der Waals surface area contributed by atoms with Crippen molar-refractivity contribution in [2.75, 3.05) is 26.0 Å². The average Bonchev–Trinajstić information content (AvgIpc) is 3.03. The molecule has 2 aromatic rings. The highest BCUT2D eigenvalue weighted by molar-refractivity contribution is 7.88. The second-order valence-corrected chi connectivity index (χ2v) is 8.01. The molecule has 1 fully saturated rings. The van der Waals surface area contributed by atoms with Crippen LogP contribution in [-0.4, -0.2) is 48.9 Å². The summed E-state index contributed by atoms with van der Waals surface area (Å²) in [6.45, 7) is 4.86. The second kappa shape index (κ2) is 7.11. The van der Waals surface area contributed by atoms with Crippen molar-refractivity contribution in [2.24, 2.45) is 0 Å². The van der Waals surface area contributed by atoms with Crippen LogP contribution in [0.15, 0.2) is 22.6 Å². The highest BCUT2D eigenvalue weighted by atomic mass is 32.2. The lowest BCUT2D eigenvalue weighted by Gasteiger charge is -2.29. The van der Waals surface area contributed by atoms with Gasteiger partial charge in [0.15, 0.2) is 6.61 Å². The molecule has 0 amide bonds. The third-order valence-electron chi connectivity index (χ3n) is 4.00. The van der Waals surface area contributed by atoms with Crippen molar-refractivity contribution in [3.8, 4) is 5.75 Å². The summed E-state index contributed by atoms with van der Waals surface area (Å²) in [6, 6.07) is 5.91. The minimum Gasteiger partial charge on any atom is -0.483 e. The molecule has 8 nitrogen and oxygen atoms in total. The van der Waals surface area contributed by atoms with E-state index in [1.165, 1.54) is 10.6 Å². The first-order valence-corrected chi connectivity index (χ1v) is 9.77.